The highest BCUT2D eigenvalue weighted by atomic mass is 16.6. The molecule has 23 heavy (non-hydrogen) atoms. The molecule has 2 N–H and O–H groups in total. The molecule has 0 radical (unpaired) electrons. The monoisotopic (exact) mass is 319 g/mol. The van der Waals surface area contributed by atoms with Crippen LogP contribution < -0.4 is 15.4 Å². The quantitative estimate of drug-likeness (QED) is 0.639. The summed E-state index contributed by atoms with van der Waals surface area (Å²) >= 11 is 0. The number of hydrogen-bond donors (Lipinski definition) is 2. The largest absolute Gasteiger partial charge is 0.487 e. The topological polar surface area (TPSA) is 93.5 Å². The number of carbonyl (C=O) groups is 1. The summed E-state index contributed by atoms with van der Waals surface area (Å²) in [6.07, 6.45) is 4.15. The van der Waals surface area contributed by atoms with E-state index in [0.717, 1.165) is 25.7 Å². The zero-order chi connectivity index (χ0) is 16.4. The number of nitro benzene ring substituents is 1. The first kappa shape index (κ1) is 15.7. The highest BCUT2D eigenvalue weighted by molar-refractivity contribution is 5.95. The second-order valence-electron chi connectivity index (χ2n) is 6.15. The number of nitrogens with zero attached hydrogens (tertiary/aromatic N) is 1. The summed E-state index contributed by atoms with van der Waals surface area (Å²) in [6, 6.07) is 5.44. The van der Waals surface area contributed by atoms with Gasteiger partial charge in [0.25, 0.3) is 5.91 Å². The van der Waals surface area contributed by atoms with Crippen LogP contribution in [0.5, 0.6) is 5.75 Å². The molecule has 2 heterocycles. The molecule has 1 aromatic rings. The van der Waals surface area contributed by atoms with E-state index in [0.29, 0.717) is 24.3 Å². The second kappa shape index (κ2) is 6.54. The van der Waals surface area contributed by atoms with Gasteiger partial charge < -0.3 is 15.4 Å². The number of nitrogens with one attached hydrogen (secondary N) is 2. The standard InChI is InChI=1S/C16H21N3O4/c1-2-23-15-6-3-10(7-14(15)19(21)22)16(20)18-13-8-11-4-5-12(9-13)17-11/h3,6-7,11-13,17H,2,4-5,8-9H2,1H3,(H,18,20). The Hall–Kier alpha value is -2.15. The van der Waals surface area contributed by atoms with Crippen LogP contribution in [0.25, 0.3) is 0 Å². The van der Waals surface area contributed by atoms with E-state index in [4.69, 9.17) is 4.74 Å². The summed E-state index contributed by atoms with van der Waals surface area (Å²) in [4.78, 5) is 23.0. The maximum absolute atomic E-state index is 12.4. The van der Waals surface area contributed by atoms with Crippen molar-refractivity contribution in [3.8, 4) is 5.75 Å². The Kier molecular flexibility index (Phi) is 4.47. The normalized spacial score (nSPS) is 25.9. The molecule has 7 nitrogen and oxygen atoms in total. The lowest BCUT2D eigenvalue weighted by molar-refractivity contribution is -0.385. The lowest BCUT2D eigenvalue weighted by Gasteiger charge is -2.29. The number of ether oxygens (including phenoxy) is 1. The molecule has 0 saturated carbocycles. The predicted molar refractivity (Wildman–Crippen MR) is 84.7 cm³/mol. The zero-order valence-electron chi connectivity index (χ0n) is 13.1. The molecule has 1 aromatic carbocycles. The van der Waals surface area contributed by atoms with E-state index in [1.165, 1.54) is 12.1 Å². The van der Waals surface area contributed by atoms with Crippen LogP contribution in [0.15, 0.2) is 18.2 Å². The number of fused-ring (bicyclic) bond motifs is 2. The van der Waals surface area contributed by atoms with Crippen molar-refractivity contribution in [3.05, 3.63) is 33.9 Å². The van der Waals surface area contributed by atoms with Crippen LogP contribution in [0.2, 0.25) is 0 Å². The fourth-order valence-corrected chi connectivity index (χ4v) is 3.52. The van der Waals surface area contributed by atoms with Gasteiger partial charge in [-0.05, 0) is 44.7 Å². The molecule has 124 valence electrons. The highest BCUT2D eigenvalue weighted by Crippen LogP contribution is 2.29. The Bertz CT molecular complexity index is 607. The molecule has 2 unspecified atom stereocenters. The van der Waals surface area contributed by atoms with Crippen molar-refractivity contribution >= 4 is 11.6 Å². The SMILES string of the molecule is CCOc1ccc(C(=O)NC2CC3CCC(C2)N3)cc1[N+](=O)[O-]. The second-order valence-corrected chi connectivity index (χ2v) is 6.15. The van der Waals surface area contributed by atoms with Crippen molar-refractivity contribution in [1.82, 2.24) is 10.6 Å². The van der Waals surface area contributed by atoms with Gasteiger partial charge in [0, 0.05) is 29.8 Å². The van der Waals surface area contributed by atoms with Crippen molar-refractivity contribution in [2.45, 2.75) is 50.7 Å². The molecule has 7 heteroatoms. The maximum atomic E-state index is 12.4. The summed E-state index contributed by atoms with van der Waals surface area (Å²) in [5, 5.41) is 17.7. The third kappa shape index (κ3) is 3.44. The minimum atomic E-state index is -0.521. The van der Waals surface area contributed by atoms with Crippen LogP contribution in [0.4, 0.5) is 5.69 Å². The Balaban J connectivity index is 1.71. The minimum Gasteiger partial charge on any atom is -0.487 e. The number of piperidine rings is 1. The first-order valence-electron chi connectivity index (χ1n) is 8.05. The van der Waals surface area contributed by atoms with Crippen molar-refractivity contribution in [1.29, 1.82) is 0 Å². The lowest BCUT2D eigenvalue weighted by Crippen LogP contribution is -2.48. The van der Waals surface area contributed by atoms with Gasteiger partial charge in [-0.2, -0.15) is 0 Å². The van der Waals surface area contributed by atoms with Crippen LogP contribution >= 0.6 is 0 Å². The van der Waals surface area contributed by atoms with Gasteiger partial charge in [-0.1, -0.05) is 0 Å². The molecule has 0 aliphatic carbocycles. The summed E-state index contributed by atoms with van der Waals surface area (Å²) in [5.74, 6) is -0.0728. The number of carbonyl (C=O) groups excluding carboxylic acids is 1. The van der Waals surface area contributed by atoms with Gasteiger partial charge in [-0.15, -0.1) is 0 Å². The van der Waals surface area contributed by atoms with Gasteiger partial charge in [-0.3, -0.25) is 14.9 Å². The van der Waals surface area contributed by atoms with Crippen LogP contribution in [-0.4, -0.2) is 35.6 Å². The van der Waals surface area contributed by atoms with Crippen molar-refractivity contribution < 1.29 is 14.5 Å². The minimum absolute atomic E-state index is 0.131. The van der Waals surface area contributed by atoms with E-state index >= 15 is 0 Å². The lowest BCUT2D eigenvalue weighted by atomic mass is 9.99. The molecule has 1 amide bonds. The van der Waals surface area contributed by atoms with Gasteiger partial charge in [-0.25, -0.2) is 0 Å². The molecule has 2 bridgehead atoms. The van der Waals surface area contributed by atoms with Crippen LogP contribution in [0, 0.1) is 10.1 Å². The Morgan fingerprint density at radius 3 is 2.70 bits per heavy atom. The molecular weight excluding hydrogens is 298 g/mol. The van der Waals surface area contributed by atoms with Crippen molar-refractivity contribution in [3.63, 3.8) is 0 Å². The van der Waals surface area contributed by atoms with E-state index in [1.807, 2.05) is 0 Å². The molecule has 2 fully saturated rings. The van der Waals surface area contributed by atoms with E-state index in [-0.39, 0.29) is 23.4 Å². The van der Waals surface area contributed by atoms with Crippen molar-refractivity contribution in [2.75, 3.05) is 6.61 Å². The average molecular weight is 319 g/mol. The van der Waals surface area contributed by atoms with Crippen molar-refractivity contribution in [2.24, 2.45) is 0 Å². The first-order chi connectivity index (χ1) is 11.1. The summed E-state index contributed by atoms with van der Waals surface area (Å²) in [5.41, 5.74) is 0.121. The zero-order valence-corrected chi connectivity index (χ0v) is 13.1. The summed E-state index contributed by atoms with van der Waals surface area (Å²) in [7, 11) is 0. The molecule has 2 atom stereocenters. The number of rotatable bonds is 5. The first-order valence-corrected chi connectivity index (χ1v) is 8.05. The number of nitro groups is 1. The third-order valence-electron chi connectivity index (χ3n) is 4.53. The molecule has 0 aromatic heterocycles. The smallest absolute Gasteiger partial charge is 0.311 e. The summed E-state index contributed by atoms with van der Waals surface area (Å²) < 4.78 is 5.24. The number of amides is 1. The van der Waals surface area contributed by atoms with Gasteiger partial charge in [0.05, 0.1) is 11.5 Å². The van der Waals surface area contributed by atoms with E-state index in [1.54, 1.807) is 13.0 Å². The van der Waals surface area contributed by atoms with E-state index < -0.39 is 4.92 Å². The number of hydrogen-bond acceptors (Lipinski definition) is 5. The molecule has 2 aliphatic heterocycles. The highest BCUT2D eigenvalue weighted by Gasteiger charge is 2.34. The van der Waals surface area contributed by atoms with Gasteiger partial charge >= 0.3 is 5.69 Å². The predicted octanol–water partition coefficient (Wildman–Crippen LogP) is 2.01. The maximum Gasteiger partial charge on any atom is 0.311 e. The number of benzene rings is 1. The molecule has 3 rings (SSSR count). The van der Waals surface area contributed by atoms with Gasteiger partial charge in [0.1, 0.15) is 0 Å². The van der Waals surface area contributed by atoms with Crippen LogP contribution in [0.1, 0.15) is 43.0 Å². The molecule has 2 saturated heterocycles. The fourth-order valence-electron chi connectivity index (χ4n) is 3.52. The Morgan fingerprint density at radius 1 is 1.39 bits per heavy atom. The van der Waals surface area contributed by atoms with Crippen LogP contribution in [-0.2, 0) is 0 Å². The Labute approximate surface area is 134 Å². The van der Waals surface area contributed by atoms with Gasteiger partial charge in [0.15, 0.2) is 5.75 Å². The molecular formula is C16H21N3O4. The van der Waals surface area contributed by atoms with Crippen LogP contribution in [0.3, 0.4) is 0 Å². The fraction of sp³-hybridized carbons (Fsp3) is 0.562. The third-order valence-corrected chi connectivity index (χ3v) is 4.53. The molecule has 2 aliphatic rings. The Morgan fingerprint density at radius 2 is 2.09 bits per heavy atom. The summed E-state index contributed by atoms with van der Waals surface area (Å²) in [6.45, 7) is 2.10. The van der Waals surface area contributed by atoms with Gasteiger partial charge in [0.2, 0.25) is 0 Å². The average Bonchev–Trinajstić information content (AvgIpc) is 2.86. The molecule has 0 spiro atoms. The van der Waals surface area contributed by atoms with E-state index in [2.05, 4.69) is 10.6 Å². The van der Waals surface area contributed by atoms with E-state index in [9.17, 15) is 14.9 Å².